The van der Waals surface area contributed by atoms with Crippen molar-refractivity contribution in [1.29, 1.82) is 5.26 Å². The van der Waals surface area contributed by atoms with Crippen molar-refractivity contribution in [1.82, 2.24) is 4.90 Å². The molecule has 4 nitrogen and oxygen atoms in total. The van der Waals surface area contributed by atoms with Crippen LogP contribution in [0.5, 0.6) is 5.75 Å². The van der Waals surface area contributed by atoms with Crippen LogP contribution in [0, 0.1) is 11.3 Å². The molecule has 0 saturated heterocycles. The Morgan fingerprint density at radius 2 is 2.00 bits per heavy atom. The monoisotopic (exact) mass is 248 g/mol. The smallest absolute Gasteiger partial charge is 0.119 e. The maximum absolute atomic E-state index is 8.85. The molecular weight excluding hydrogens is 228 g/mol. The number of ether oxygens (including phenoxy) is 1. The largest absolute Gasteiger partial charge is 0.494 e. The van der Waals surface area contributed by atoms with Crippen molar-refractivity contribution in [3.05, 3.63) is 29.8 Å². The van der Waals surface area contributed by atoms with Gasteiger partial charge in [-0.2, -0.15) is 5.26 Å². The van der Waals surface area contributed by atoms with E-state index in [9.17, 15) is 0 Å². The first-order chi connectivity index (χ1) is 8.80. The topological polar surface area (TPSA) is 56.5 Å². The summed E-state index contributed by atoms with van der Waals surface area (Å²) in [6.07, 6.45) is 0.924. The summed E-state index contributed by atoms with van der Waals surface area (Å²) >= 11 is 0. The van der Waals surface area contributed by atoms with Gasteiger partial charge in [-0.1, -0.05) is 6.92 Å². The van der Waals surface area contributed by atoms with Gasteiger partial charge < -0.3 is 14.7 Å². The van der Waals surface area contributed by atoms with Gasteiger partial charge in [0.25, 0.3) is 0 Å². The molecule has 0 saturated carbocycles. The molecule has 4 heteroatoms. The van der Waals surface area contributed by atoms with Crippen LogP contribution in [0.3, 0.4) is 0 Å². The Balaban J connectivity index is 2.22. The lowest BCUT2D eigenvalue weighted by molar-refractivity contribution is 0.189. The summed E-state index contributed by atoms with van der Waals surface area (Å²) < 4.78 is 5.58. The molecule has 1 rings (SSSR count). The highest BCUT2D eigenvalue weighted by molar-refractivity contribution is 5.34. The molecule has 0 atom stereocenters. The van der Waals surface area contributed by atoms with E-state index in [1.54, 1.807) is 12.1 Å². The van der Waals surface area contributed by atoms with Crippen molar-refractivity contribution >= 4 is 0 Å². The van der Waals surface area contributed by atoms with Crippen molar-refractivity contribution in [2.24, 2.45) is 0 Å². The minimum Gasteiger partial charge on any atom is -0.494 e. The summed E-state index contributed by atoms with van der Waals surface area (Å²) in [5, 5.41) is 17.5. The third-order valence-corrected chi connectivity index (χ3v) is 2.73. The SMILES string of the molecule is CCN(CCO)CCCOc1ccc(C#N)cc1. The van der Waals surface area contributed by atoms with Gasteiger partial charge in [-0.15, -0.1) is 0 Å². The predicted octanol–water partition coefficient (Wildman–Crippen LogP) is 1.64. The van der Waals surface area contributed by atoms with Gasteiger partial charge in [0.05, 0.1) is 24.8 Å². The van der Waals surface area contributed by atoms with E-state index in [2.05, 4.69) is 17.9 Å². The van der Waals surface area contributed by atoms with Crippen LogP contribution in [0.25, 0.3) is 0 Å². The van der Waals surface area contributed by atoms with E-state index < -0.39 is 0 Å². The Kier molecular flexibility index (Phi) is 6.85. The summed E-state index contributed by atoms with van der Waals surface area (Å²) in [5.41, 5.74) is 0.641. The zero-order valence-electron chi connectivity index (χ0n) is 10.8. The Labute approximate surface area is 108 Å². The molecule has 0 fully saturated rings. The molecule has 0 aliphatic rings. The minimum atomic E-state index is 0.199. The fourth-order valence-corrected chi connectivity index (χ4v) is 1.67. The average Bonchev–Trinajstić information content (AvgIpc) is 2.43. The summed E-state index contributed by atoms with van der Waals surface area (Å²) in [6.45, 7) is 5.51. The summed E-state index contributed by atoms with van der Waals surface area (Å²) in [5.74, 6) is 0.791. The molecule has 0 spiro atoms. The lowest BCUT2D eigenvalue weighted by Gasteiger charge is -2.18. The highest BCUT2D eigenvalue weighted by Gasteiger charge is 2.01. The molecule has 1 aromatic rings. The number of hydrogen-bond acceptors (Lipinski definition) is 4. The zero-order valence-corrected chi connectivity index (χ0v) is 10.8. The predicted molar refractivity (Wildman–Crippen MR) is 70.5 cm³/mol. The lowest BCUT2D eigenvalue weighted by atomic mass is 10.2. The fourth-order valence-electron chi connectivity index (χ4n) is 1.67. The van der Waals surface area contributed by atoms with Gasteiger partial charge in [-0.05, 0) is 37.2 Å². The summed E-state index contributed by atoms with van der Waals surface area (Å²) in [4.78, 5) is 2.18. The van der Waals surface area contributed by atoms with Crippen LogP contribution >= 0.6 is 0 Å². The van der Waals surface area contributed by atoms with Crippen molar-refractivity contribution in [2.45, 2.75) is 13.3 Å². The highest BCUT2D eigenvalue weighted by Crippen LogP contribution is 2.11. The number of nitrogens with zero attached hydrogens (tertiary/aromatic N) is 2. The molecule has 0 aliphatic carbocycles. The standard InChI is InChI=1S/C14H20N2O2/c1-2-16(9-10-17)8-3-11-18-14-6-4-13(12-15)5-7-14/h4-7,17H,2-3,8-11H2,1H3. The van der Waals surface area contributed by atoms with E-state index >= 15 is 0 Å². The molecule has 1 aromatic carbocycles. The third kappa shape index (κ3) is 5.17. The van der Waals surface area contributed by atoms with Crippen molar-refractivity contribution < 1.29 is 9.84 Å². The first kappa shape index (κ1) is 14.5. The van der Waals surface area contributed by atoms with Crippen LogP contribution in [0.15, 0.2) is 24.3 Å². The second-order valence-corrected chi connectivity index (χ2v) is 4.00. The maximum Gasteiger partial charge on any atom is 0.119 e. The molecule has 98 valence electrons. The molecule has 18 heavy (non-hydrogen) atoms. The average molecular weight is 248 g/mol. The van der Waals surface area contributed by atoms with Crippen LogP contribution < -0.4 is 4.74 Å². The maximum atomic E-state index is 8.85. The number of likely N-dealkylation sites (N-methyl/N-ethyl adjacent to an activating group) is 1. The van der Waals surface area contributed by atoms with E-state index in [-0.39, 0.29) is 6.61 Å². The Morgan fingerprint density at radius 3 is 2.56 bits per heavy atom. The number of benzene rings is 1. The fraction of sp³-hybridized carbons (Fsp3) is 0.500. The van der Waals surface area contributed by atoms with Crippen molar-refractivity contribution in [3.8, 4) is 11.8 Å². The first-order valence-corrected chi connectivity index (χ1v) is 6.26. The Bertz CT molecular complexity index is 370. The molecule has 0 bridgehead atoms. The third-order valence-electron chi connectivity index (χ3n) is 2.73. The van der Waals surface area contributed by atoms with E-state index in [1.807, 2.05) is 12.1 Å². The molecule has 0 amide bonds. The number of aliphatic hydroxyl groups excluding tert-OH is 1. The van der Waals surface area contributed by atoms with Crippen molar-refractivity contribution in [3.63, 3.8) is 0 Å². The molecule has 0 aliphatic heterocycles. The minimum absolute atomic E-state index is 0.199. The van der Waals surface area contributed by atoms with Gasteiger partial charge in [-0.3, -0.25) is 0 Å². The van der Waals surface area contributed by atoms with E-state index in [0.29, 0.717) is 18.7 Å². The number of hydrogen-bond donors (Lipinski definition) is 1. The highest BCUT2D eigenvalue weighted by atomic mass is 16.5. The molecular formula is C14H20N2O2. The molecule has 0 aromatic heterocycles. The van der Waals surface area contributed by atoms with Gasteiger partial charge in [0.2, 0.25) is 0 Å². The number of nitriles is 1. The van der Waals surface area contributed by atoms with Gasteiger partial charge in [0.15, 0.2) is 0 Å². The second-order valence-electron chi connectivity index (χ2n) is 4.00. The van der Waals surface area contributed by atoms with Crippen LogP contribution in [0.1, 0.15) is 18.9 Å². The first-order valence-electron chi connectivity index (χ1n) is 6.26. The van der Waals surface area contributed by atoms with E-state index in [4.69, 9.17) is 15.1 Å². The molecule has 0 heterocycles. The Hall–Kier alpha value is -1.57. The van der Waals surface area contributed by atoms with Crippen LogP contribution in [-0.2, 0) is 0 Å². The molecule has 1 N–H and O–H groups in total. The van der Waals surface area contributed by atoms with Crippen molar-refractivity contribution in [2.75, 3.05) is 32.8 Å². The zero-order chi connectivity index (χ0) is 13.2. The van der Waals surface area contributed by atoms with E-state index in [1.165, 1.54) is 0 Å². The normalized spacial score (nSPS) is 10.3. The van der Waals surface area contributed by atoms with Crippen LogP contribution in [0.4, 0.5) is 0 Å². The summed E-state index contributed by atoms with van der Waals surface area (Å²) in [6, 6.07) is 9.19. The van der Waals surface area contributed by atoms with Crippen LogP contribution in [-0.4, -0.2) is 42.9 Å². The molecule has 0 radical (unpaired) electrons. The van der Waals surface area contributed by atoms with Gasteiger partial charge in [-0.25, -0.2) is 0 Å². The second kappa shape index (κ2) is 8.51. The van der Waals surface area contributed by atoms with Crippen LogP contribution in [0.2, 0.25) is 0 Å². The van der Waals surface area contributed by atoms with Gasteiger partial charge in [0, 0.05) is 13.1 Å². The molecule has 0 unspecified atom stereocenters. The van der Waals surface area contributed by atoms with Gasteiger partial charge in [0.1, 0.15) is 5.75 Å². The van der Waals surface area contributed by atoms with Gasteiger partial charge >= 0.3 is 0 Å². The van der Waals surface area contributed by atoms with E-state index in [0.717, 1.165) is 25.3 Å². The number of aliphatic hydroxyl groups is 1. The Morgan fingerprint density at radius 1 is 1.28 bits per heavy atom. The lowest BCUT2D eigenvalue weighted by Crippen LogP contribution is -2.28. The summed E-state index contributed by atoms with van der Waals surface area (Å²) in [7, 11) is 0. The quantitative estimate of drug-likeness (QED) is 0.711. The number of rotatable bonds is 8.